The smallest absolute Gasteiger partial charge is 0.167 e. The van der Waals surface area contributed by atoms with Crippen LogP contribution in [0.3, 0.4) is 0 Å². The standard InChI is InChI=1S/C13H16N2O3/c1-16-10-5-3-9(12(7-10)17-2)4-6-11-8-13(14)15-18-11/h3,5,7-8H,4,6H2,1-2H3,(H2,14,15). The molecule has 18 heavy (non-hydrogen) atoms. The maximum atomic E-state index is 5.50. The van der Waals surface area contributed by atoms with Crippen molar-refractivity contribution in [1.82, 2.24) is 5.16 Å². The van der Waals surface area contributed by atoms with Crippen LogP contribution < -0.4 is 15.2 Å². The predicted molar refractivity (Wildman–Crippen MR) is 67.9 cm³/mol. The van der Waals surface area contributed by atoms with E-state index in [0.29, 0.717) is 5.82 Å². The van der Waals surface area contributed by atoms with Gasteiger partial charge < -0.3 is 19.7 Å². The molecule has 2 aromatic rings. The van der Waals surface area contributed by atoms with Crippen molar-refractivity contribution in [2.24, 2.45) is 0 Å². The fraction of sp³-hybridized carbons (Fsp3) is 0.308. The molecule has 5 nitrogen and oxygen atoms in total. The van der Waals surface area contributed by atoms with Gasteiger partial charge in [0, 0.05) is 18.6 Å². The Bertz CT molecular complexity index is 523. The minimum atomic E-state index is 0.409. The molecule has 0 saturated carbocycles. The summed E-state index contributed by atoms with van der Waals surface area (Å²) in [5.74, 6) is 2.76. The molecule has 2 N–H and O–H groups in total. The molecule has 0 atom stereocenters. The van der Waals surface area contributed by atoms with Gasteiger partial charge in [-0.25, -0.2) is 0 Å². The van der Waals surface area contributed by atoms with Crippen molar-refractivity contribution >= 4 is 5.82 Å². The number of hydrogen-bond donors (Lipinski definition) is 1. The molecule has 1 aromatic carbocycles. The normalized spacial score (nSPS) is 10.3. The summed E-state index contributed by atoms with van der Waals surface area (Å²) in [6.45, 7) is 0. The number of ether oxygens (including phenoxy) is 2. The van der Waals surface area contributed by atoms with Crippen LogP contribution in [0.1, 0.15) is 11.3 Å². The van der Waals surface area contributed by atoms with Crippen LogP contribution in [0.15, 0.2) is 28.8 Å². The highest BCUT2D eigenvalue weighted by Gasteiger charge is 2.07. The van der Waals surface area contributed by atoms with Gasteiger partial charge in [0.15, 0.2) is 5.82 Å². The summed E-state index contributed by atoms with van der Waals surface area (Å²) in [6.07, 6.45) is 1.52. The van der Waals surface area contributed by atoms with E-state index in [-0.39, 0.29) is 0 Å². The molecule has 0 aliphatic heterocycles. The maximum absolute atomic E-state index is 5.50. The molecule has 0 saturated heterocycles. The fourth-order valence-electron chi connectivity index (χ4n) is 1.76. The second-order valence-electron chi connectivity index (χ2n) is 3.90. The van der Waals surface area contributed by atoms with Crippen LogP contribution in [0.5, 0.6) is 11.5 Å². The zero-order chi connectivity index (χ0) is 13.0. The highest BCUT2D eigenvalue weighted by Crippen LogP contribution is 2.25. The van der Waals surface area contributed by atoms with Crippen molar-refractivity contribution in [3.8, 4) is 11.5 Å². The van der Waals surface area contributed by atoms with Gasteiger partial charge in [-0.05, 0) is 18.1 Å². The van der Waals surface area contributed by atoms with Crippen molar-refractivity contribution in [3.63, 3.8) is 0 Å². The Morgan fingerprint density at radius 2 is 2.00 bits per heavy atom. The zero-order valence-electron chi connectivity index (χ0n) is 10.5. The van der Waals surface area contributed by atoms with Gasteiger partial charge in [-0.2, -0.15) is 0 Å². The molecule has 0 unspecified atom stereocenters. The summed E-state index contributed by atoms with van der Waals surface area (Å²) in [7, 11) is 3.27. The minimum Gasteiger partial charge on any atom is -0.497 e. The third-order valence-electron chi connectivity index (χ3n) is 2.71. The Hall–Kier alpha value is -2.17. The zero-order valence-corrected chi connectivity index (χ0v) is 10.5. The van der Waals surface area contributed by atoms with Crippen LogP contribution in [0, 0.1) is 0 Å². The van der Waals surface area contributed by atoms with Crippen LogP contribution in [0.4, 0.5) is 5.82 Å². The van der Waals surface area contributed by atoms with E-state index in [0.717, 1.165) is 35.7 Å². The Morgan fingerprint density at radius 3 is 2.61 bits per heavy atom. The molecule has 0 aliphatic rings. The highest BCUT2D eigenvalue weighted by atomic mass is 16.5. The first kappa shape index (κ1) is 12.3. The summed E-state index contributed by atoms with van der Waals surface area (Å²) in [5, 5.41) is 3.65. The molecule has 0 amide bonds. The van der Waals surface area contributed by atoms with Gasteiger partial charge in [0.05, 0.1) is 14.2 Å². The van der Waals surface area contributed by atoms with Crippen molar-refractivity contribution < 1.29 is 14.0 Å². The van der Waals surface area contributed by atoms with Gasteiger partial charge in [-0.3, -0.25) is 0 Å². The second-order valence-corrected chi connectivity index (χ2v) is 3.90. The molecule has 0 spiro atoms. The molecule has 1 aromatic heterocycles. The van der Waals surface area contributed by atoms with E-state index >= 15 is 0 Å². The molecular formula is C13H16N2O3. The van der Waals surface area contributed by atoms with Gasteiger partial charge in [0.2, 0.25) is 0 Å². The number of nitrogens with two attached hydrogens (primary N) is 1. The molecular weight excluding hydrogens is 232 g/mol. The number of anilines is 1. The molecule has 1 heterocycles. The number of hydrogen-bond acceptors (Lipinski definition) is 5. The molecule has 5 heteroatoms. The van der Waals surface area contributed by atoms with E-state index in [1.165, 1.54) is 0 Å². The van der Waals surface area contributed by atoms with E-state index in [1.54, 1.807) is 20.3 Å². The molecule has 0 radical (unpaired) electrons. The van der Waals surface area contributed by atoms with Crippen LogP contribution in [0.2, 0.25) is 0 Å². The summed E-state index contributed by atoms with van der Waals surface area (Å²) < 4.78 is 15.5. The average molecular weight is 248 g/mol. The first-order valence-electron chi connectivity index (χ1n) is 5.65. The Kier molecular flexibility index (Phi) is 3.72. The lowest BCUT2D eigenvalue weighted by molar-refractivity contribution is 0.380. The largest absolute Gasteiger partial charge is 0.497 e. The molecule has 96 valence electrons. The minimum absolute atomic E-state index is 0.409. The Morgan fingerprint density at radius 1 is 1.17 bits per heavy atom. The van der Waals surface area contributed by atoms with Gasteiger partial charge >= 0.3 is 0 Å². The van der Waals surface area contributed by atoms with Gasteiger partial charge in [0.25, 0.3) is 0 Å². The topological polar surface area (TPSA) is 70.5 Å². The van der Waals surface area contributed by atoms with Crippen LogP contribution in [-0.4, -0.2) is 19.4 Å². The Labute approximate surface area is 105 Å². The van der Waals surface area contributed by atoms with Gasteiger partial charge in [-0.15, -0.1) is 0 Å². The lowest BCUT2D eigenvalue weighted by Crippen LogP contribution is -1.96. The van der Waals surface area contributed by atoms with Crippen LogP contribution >= 0.6 is 0 Å². The monoisotopic (exact) mass is 248 g/mol. The predicted octanol–water partition coefficient (Wildman–Crippen LogP) is 2.06. The number of aryl methyl sites for hydroxylation is 2. The van der Waals surface area contributed by atoms with Crippen molar-refractivity contribution in [3.05, 3.63) is 35.6 Å². The van der Waals surface area contributed by atoms with Crippen molar-refractivity contribution in [1.29, 1.82) is 0 Å². The second kappa shape index (κ2) is 5.44. The molecule has 0 fully saturated rings. The first-order valence-corrected chi connectivity index (χ1v) is 5.65. The van der Waals surface area contributed by atoms with Crippen LogP contribution in [-0.2, 0) is 12.8 Å². The number of rotatable bonds is 5. The van der Waals surface area contributed by atoms with Crippen LogP contribution in [0.25, 0.3) is 0 Å². The van der Waals surface area contributed by atoms with E-state index in [2.05, 4.69) is 5.16 Å². The first-order chi connectivity index (χ1) is 8.72. The maximum Gasteiger partial charge on any atom is 0.167 e. The average Bonchev–Trinajstić information content (AvgIpc) is 2.82. The quantitative estimate of drug-likeness (QED) is 0.877. The number of nitrogens with zero attached hydrogens (tertiary/aromatic N) is 1. The summed E-state index contributed by atoms with van der Waals surface area (Å²) >= 11 is 0. The summed E-state index contributed by atoms with van der Waals surface area (Å²) in [5.41, 5.74) is 6.59. The van der Waals surface area contributed by atoms with E-state index in [1.807, 2.05) is 18.2 Å². The summed E-state index contributed by atoms with van der Waals surface area (Å²) in [6, 6.07) is 7.49. The number of nitrogen functional groups attached to an aromatic ring is 1. The highest BCUT2D eigenvalue weighted by molar-refractivity contribution is 5.41. The third-order valence-corrected chi connectivity index (χ3v) is 2.71. The van der Waals surface area contributed by atoms with E-state index < -0.39 is 0 Å². The van der Waals surface area contributed by atoms with Gasteiger partial charge in [-0.1, -0.05) is 11.2 Å². The number of methoxy groups -OCH3 is 2. The molecule has 2 rings (SSSR count). The van der Waals surface area contributed by atoms with Crippen molar-refractivity contribution in [2.75, 3.05) is 20.0 Å². The van der Waals surface area contributed by atoms with E-state index in [4.69, 9.17) is 19.7 Å². The lowest BCUT2D eigenvalue weighted by atomic mass is 10.1. The number of aromatic nitrogens is 1. The molecule has 0 aliphatic carbocycles. The summed E-state index contributed by atoms with van der Waals surface area (Å²) in [4.78, 5) is 0. The van der Waals surface area contributed by atoms with E-state index in [9.17, 15) is 0 Å². The lowest BCUT2D eigenvalue weighted by Gasteiger charge is -2.09. The number of benzene rings is 1. The van der Waals surface area contributed by atoms with Gasteiger partial charge in [0.1, 0.15) is 17.3 Å². The fourth-order valence-corrected chi connectivity index (χ4v) is 1.76. The third kappa shape index (κ3) is 2.74. The SMILES string of the molecule is COc1ccc(CCc2cc(N)no2)c(OC)c1. The molecule has 0 bridgehead atoms. The van der Waals surface area contributed by atoms with Crippen molar-refractivity contribution in [2.45, 2.75) is 12.8 Å². The Balaban J connectivity index is 2.08.